The van der Waals surface area contributed by atoms with Gasteiger partial charge in [0.25, 0.3) is 11.5 Å². The Morgan fingerprint density at radius 3 is 2.68 bits per heavy atom. The minimum absolute atomic E-state index is 0.00772. The predicted octanol–water partition coefficient (Wildman–Crippen LogP) is 2.57. The summed E-state index contributed by atoms with van der Waals surface area (Å²) in [6.07, 6.45) is -1.02. The number of aryl methyl sites for hydroxylation is 1. The van der Waals surface area contributed by atoms with Crippen LogP contribution in [0.4, 0.5) is 10.1 Å². The van der Waals surface area contributed by atoms with Gasteiger partial charge in [0.05, 0.1) is 23.0 Å². The van der Waals surface area contributed by atoms with Crippen LogP contribution in [0.25, 0.3) is 10.9 Å². The molecule has 7 nitrogen and oxygen atoms in total. The summed E-state index contributed by atoms with van der Waals surface area (Å²) < 4.78 is 18.6. The number of fused-ring (bicyclic) bond motifs is 1. The van der Waals surface area contributed by atoms with Crippen LogP contribution in [-0.4, -0.2) is 27.9 Å². The Morgan fingerprint density at radius 1 is 1.18 bits per heavy atom. The molecule has 1 amide bonds. The Kier molecular flexibility index (Phi) is 5.78. The molecule has 144 valence electrons. The Balaban J connectivity index is 1.56. The van der Waals surface area contributed by atoms with Gasteiger partial charge in [-0.2, -0.15) is 0 Å². The summed E-state index contributed by atoms with van der Waals surface area (Å²) in [6.45, 7) is 1.39. The minimum atomic E-state index is -1.10. The molecule has 0 fully saturated rings. The lowest BCUT2D eigenvalue weighted by Gasteiger charge is -2.13. The number of amides is 1. The first-order valence-corrected chi connectivity index (χ1v) is 8.67. The summed E-state index contributed by atoms with van der Waals surface area (Å²) in [5.74, 6) is -1.51. The number of benzene rings is 2. The smallest absolute Gasteiger partial charge is 0.307 e. The quantitative estimate of drug-likeness (QED) is 0.637. The SMILES string of the molecule is CC(OC(=O)CCc1nc2ccccc2c(=O)[nH]1)C(=O)Nc1ccccc1F. The maximum Gasteiger partial charge on any atom is 0.307 e. The number of halogens is 1. The molecular weight excluding hydrogens is 365 g/mol. The average molecular weight is 383 g/mol. The highest BCUT2D eigenvalue weighted by Crippen LogP contribution is 2.13. The number of hydrogen-bond acceptors (Lipinski definition) is 5. The summed E-state index contributed by atoms with van der Waals surface area (Å²) in [4.78, 5) is 43.0. The molecule has 3 aromatic rings. The maximum atomic E-state index is 13.6. The fourth-order valence-corrected chi connectivity index (χ4v) is 2.58. The first kappa shape index (κ1) is 19.2. The zero-order valence-corrected chi connectivity index (χ0v) is 15.1. The molecule has 0 radical (unpaired) electrons. The number of nitrogens with zero attached hydrogens (tertiary/aromatic N) is 1. The molecule has 2 aromatic carbocycles. The summed E-state index contributed by atoms with van der Waals surface area (Å²) in [5, 5.41) is 2.83. The lowest BCUT2D eigenvalue weighted by atomic mass is 10.2. The van der Waals surface area contributed by atoms with E-state index in [9.17, 15) is 18.8 Å². The van der Waals surface area contributed by atoms with Crippen LogP contribution < -0.4 is 10.9 Å². The number of carbonyl (C=O) groups is 2. The van der Waals surface area contributed by atoms with E-state index in [4.69, 9.17) is 4.74 Å². The van der Waals surface area contributed by atoms with Crippen molar-refractivity contribution in [1.29, 1.82) is 0 Å². The Hall–Kier alpha value is -3.55. The van der Waals surface area contributed by atoms with Gasteiger partial charge in [0, 0.05) is 6.42 Å². The van der Waals surface area contributed by atoms with Gasteiger partial charge < -0.3 is 15.0 Å². The van der Waals surface area contributed by atoms with E-state index in [0.29, 0.717) is 16.7 Å². The summed E-state index contributed by atoms with van der Waals surface area (Å²) in [5.41, 5.74) is 0.257. The molecule has 1 aromatic heterocycles. The Bertz CT molecular complexity index is 1080. The highest BCUT2D eigenvalue weighted by molar-refractivity contribution is 5.95. The van der Waals surface area contributed by atoms with Gasteiger partial charge in [0.1, 0.15) is 11.6 Å². The number of aromatic nitrogens is 2. The van der Waals surface area contributed by atoms with Gasteiger partial charge in [0.2, 0.25) is 0 Å². The molecule has 0 saturated heterocycles. The highest BCUT2D eigenvalue weighted by atomic mass is 19.1. The van der Waals surface area contributed by atoms with E-state index in [-0.39, 0.29) is 24.1 Å². The molecular formula is C20H18FN3O4. The number of ether oxygens (including phenoxy) is 1. The highest BCUT2D eigenvalue weighted by Gasteiger charge is 2.19. The van der Waals surface area contributed by atoms with Gasteiger partial charge in [-0.25, -0.2) is 9.37 Å². The van der Waals surface area contributed by atoms with Crippen LogP contribution in [0, 0.1) is 5.82 Å². The topological polar surface area (TPSA) is 101 Å². The number of anilines is 1. The van der Waals surface area contributed by atoms with Gasteiger partial charge in [-0.05, 0) is 31.2 Å². The number of rotatable bonds is 6. The molecule has 0 aliphatic carbocycles. The lowest BCUT2D eigenvalue weighted by Crippen LogP contribution is -2.30. The lowest BCUT2D eigenvalue weighted by molar-refractivity contribution is -0.153. The molecule has 1 unspecified atom stereocenters. The second-order valence-corrected chi connectivity index (χ2v) is 6.13. The van der Waals surface area contributed by atoms with Crippen molar-refractivity contribution in [2.45, 2.75) is 25.9 Å². The van der Waals surface area contributed by atoms with Crippen molar-refractivity contribution in [3.8, 4) is 0 Å². The van der Waals surface area contributed by atoms with Gasteiger partial charge in [-0.15, -0.1) is 0 Å². The monoisotopic (exact) mass is 383 g/mol. The van der Waals surface area contributed by atoms with Crippen molar-refractivity contribution >= 4 is 28.5 Å². The zero-order valence-electron chi connectivity index (χ0n) is 15.1. The Morgan fingerprint density at radius 2 is 1.89 bits per heavy atom. The van der Waals surface area contributed by atoms with Crippen LogP contribution in [0.3, 0.4) is 0 Å². The molecule has 0 bridgehead atoms. The number of para-hydroxylation sites is 2. The van der Waals surface area contributed by atoms with Gasteiger partial charge >= 0.3 is 5.97 Å². The maximum absolute atomic E-state index is 13.6. The van der Waals surface area contributed by atoms with Crippen molar-refractivity contribution in [3.05, 3.63) is 70.5 Å². The predicted molar refractivity (Wildman–Crippen MR) is 101 cm³/mol. The molecule has 8 heteroatoms. The van der Waals surface area contributed by atoms with E-state index in [1.165, 1.54) is 25.1 Å². The van der Waals surface area contributed by atoms with E-state index in [1.807, 2.05) is 0 Å². The second kappa shape index (κ2) is 8.43. The van der Waals surface area contributed by atoms with E-state index >= 15 is 0 Å². The van der Waals surface area contributed by atoms with Crippen molar-refractivity contribution in [2.24, 2.45) is 0 Å². The zero-order chi connectivity index (χ0) is 20.1. The summed E-state index contributed by atoms with van der Waals surface area (Å²) >= 11 is 0. The molecule has 0 aliphatic rings. The number of nitrogens with one attached hydrogen (secondary N) is 2. The average Bonchev–Trinajstić information content (AvgIpc) is 2.68. The van der Waals surface area contributed by atoms with Crippen molar-refractivity contribution in [3.63, 3.8) is 0 Å². The molecule has 0 saturated carbocycles. The van der Waals surface area contributed by atoms with E-state index in [1.54, 1.807) is 30.3 Å². The first-order chi connectivity index (χ1) is 13.4. The third kappa shape index (κ3) is 4.59. The molecule has 28 heavy (non-hydrogen) atoms. The van der Waals surface area contributed by atoms with Crippen molar-refractivity contribution in [2.75, 3.05) is 5.32 Å². The molecule has 1 heterocycles. The fraction of sp³-hybridized carbons (Fsp3) is 0.200. The van der Waals surface area contributed by atoms with Crippen LogP contribution in [-0.2, 0) is 20.7 Å². The number of hydrogen-bond donors (Lipinski definition) is 2. The van der Waals surface area contributed by atoms with Crippen molar-refractivity contribution in [1.82, 2.24) is 9.97 Å². The third-order valence-corrected chi connectivity index (χ3v) is 4.04. The van der Waals surface area contributed by atoms with Gasteiger partial charge in [-0.3, -0.25) is 14.4 Å². The first-order valence-electron chi connectivity index (χ1n) is 8.67. The van der Waals surface area contributed by atoms with Gasteiger partial charge in [-0.1, -0.05) is 24.3 Å². The van der Waals surface area contributed by atoms with Crippen LogP contribution >= 0.6 is 0 Å². The van der Waals surface area contributed by atoms with E-state index < -0.39 is 23.8 Å². The van der Waals surface area contributed by atoms with E-state index in [2.05, 4.69) is 15.3 Å². The number of H-pyrrole nitrogens is 1. The van der Waals surface area contributed by atoms with Crippen LogP contribution in [0.15, 0.2) is 53.3 Å². The van der Waals surface area contributed by atoms with Gasteiger partial charge in [0.15, 0.2) is 6.10 Å². The Labute approximate surface area is 159 Å². The molecule has 0 aliphatic heterocycles. The van der Waals surface area contributed by atoms with Crippen molar-refractivity contribution < 1.29 is 18.7 Å². The summed E-state index contributed by atoms with van der Waals surface area (Å²) in [7, 11) is 0. The normalized spacial score (nSPS) is 11.8. The standard InChI is InChI=1S/C20H18FN3O4/c1-12(19(26)23-16-9-5-3-7-14(16)21)28-18(25)11-10-17-22-15-8-4-2-6-13(15)20(27)24-17/h2-9,12H,10-11H2,1H3,(H,23,26)(H,22,24,27). The molecule has 2 N–H and O–H groups in total. The number of aromatic amines is 1. The molecule has 1 atom stereocenters. The number of esters is 1. The fourth-order valence-electron chi connectivity index (χ4n) is 2.58. The summed E-state index contributed by atoms with van der Waals surface area (Å²) in [6, 6.07) is 12.6. The minimum Gasteiger partial charge on any atom is -0.453 e. The van der Waals surface area contributed by atoms with Crippen LogP contribution in [0.2, 0.25) is 0 Å². The third-order valence-electron chi connectivity index (χ3n) is 4.04. The van der Waals surface area contributed by atoms with Crippen LogP contribution in [0.1, 0.15) is 19.2 Å². The van der Waals surface area contributed by atoms with Crippen LogP contribution in [0.5, 0.6) is 0 Å². The molecule has 0 spiro atoms. The molecule has 3 rings (SSSR count). The largest absolute Gasteiger partial charge is 0.453 e. The second-order valence-electron chi connectivity index (χ2n) is 6.13. The van der Waals surface area contributed by atoms with E-state index in [0.717, 1.165) is 0 Å². The number of carbonyl (C=O) groups excluding carboxylic acids is 2.